The highest BCUT2D eigenvalue weighted by atomic mass is 16.5. The minimum Gasteiger partial charge on any atom is -0.497 e. The molecular formula is C25H28N6O3. The molecule has 1 N–H and O–H groups in total. The number of nitrogens with one attached hydrogen (secondary N) is 1. The van der Waals surface area contributed by atoms with Crippen molar-refractivity contribution >= 4 is 10.9 Å². The fraction of sp³-hybridized carbons (Fsp3) is 0.360. The predicted molar refractivity (Wildman–Crippen MR) is 128 cm³/mol. The van der Waals surface area contributed by atoms with Crippen molar-refractivity contribution in [3.63, 3.8) is 0 Å². The second kappa shape index (κ2) is 9.36. The van der Waals surface area contributed by atoms with Crippen molar-refractivity contribution in [2.45, 2.75) is 26.4 Å². The minimum absolute atomic E-state index is 0.130. The number of fused-ring (bicyclic) bond motifs is 1. The van der Waals surface area contributed by atoms with E-state index in [4.69, 9.17) is 9.47 Å². The van der Waals surface area contributed by atoms with Gasteiger partial charge in [-0.25, -0.2) is 4.68 Å². The van der Waals surface area contributed by atoms with Crippen molar-refractivity contribution in [3.05, 3.63) is 80.9 Å². The summed E-state index contributed by atoms with van der Waals surface area (Å²) in [6.07, 6.45) is 0. The van der Waals surface area contributed by atoms with Gasteiger partial charge in [-0.15, -0.1) is 5.10 Å². The molecule has 34 heavy (non-hydrogen) atoms. The van der Waals surface area contributed by atoms with E-state index < -0.39 is 6.04 Å². The summed E-state index contributed by atoms with van der Waals surface area (Å²) in [5.41, 5.74) is 4.59. The third kappa shape index (κ3) is 4.32. The smallest absolute Gasteiger partial charge is 0.253 e. The van der Waals surface area contributed by atoms with E-state index >= 15 is 0 Å². The molecular weight excluding hydrogens is 432 g/mol. The molecule has 0 unspecified atom stereocenters. The molecule has 0 aliphatic carbocycles. The number of hydrogen-bond acceptors (Lipinski definition) is 7. The van der Waals surface area contributed by atoms with Gasteiger partial charge in [0.15, 0.2) is 5.82 Å². The van der Waals surface area contributed by atoms with Crippen molar-refractivity contribution in [2.75, 3.05) is 33.4 Å². The second-order valence-electron chi connectivity index (χ2n) is 8.69. The van der Waals surface area contributed by atoms with E-state index in [0.717, 1.165) is 33.3 Å². The number of benzene rings is 2. The average Bonchev–Trinajstić information content (AvgIpc) is 3.29. The summed E-state index contributed by atoms with van der Waals surface area (Å²) in [6, 6.07) is 13.6. The number of aromatic amines is 1. The van der Waals surface area contributed by atoms with Gasteiger partial charge >= 0.3 is 0 Å². The van der Waals surface area contributed by atoms with Gasteiger partial charge in [-0.3, -0.25) is 9.69 Å². The SMILES string of the molecule is COc1ccc(Cn2nnnc2[C@H](c2cc3cc(C)cc(C)c3[nH]c2=O)N2CCOCC2)cc1. The number of hydrogen-bond donors (Lipinski definition) is 1. The van der Waals surface area contributed by atoms with Crippen molar-refractivity contribution in [1.82, 2.24) is 30.1 Å². The minimum atomic E-state index is -0.397. The third-order valence-corrected chi connectivity index (χ3v) is 6.32. The van der Waals surface area contributed by atoms with Gasteiger partial charge in [-0.1, -0.05) is 23.8 Å². The van der Waals surface area contributed by atoms with E-state index in [9.17, 15) is 4.79 Å². The first-order chi connectivity index (χ1) is 16.5. The molecule has 4 aromatic rings. The average molecular weight is 461 g/mol. The Morgan fingerprint density at radius 1 is 1.12 bits per heavy atom. The molecule has 3 heterocycles. The summed E-state index contributed by atoms with van der Waals surface area (Å²) in [7, 11) is 1.64. The third-order valence-electron chi connectivity index (χ3n) is 6.32. The molecule has 1 atom stereocenters. The molecule has 1 aliphatic rings. The maximum absolute atomic E-state index is 13.4. The fourth-order valence-electron chi connectivity index (χ4n) is 4.67. The van der Waals surface area contributed by atoms with Crippen LogP contribution in [0.5, 0.6) is 5.75 Å². The lowest BCUT2D eigenvalue weighted by molar-refractivity contribution is 0.0214. The molecule has 176 valence electrons. The summed E-state index contributed by atoms with van der Waals surface area (Å²) < 4.78 is 12.6. The zero-order valence-electron chi connectivity index (χ0n) is 19.6. The lowest BCUT2D eigenvalue weighted by atomic mass is 10.0. The molecule has 2 aromatic carbocycles. The number of rotatable bonds is 6. The number of pyridine rings is 1. The Balaban J connectivity index is 1.60. The fourth-order valence-corrected chi connectivity index (χ4v) is 4.67. The molecule has 1 saturated heterocycles. The molecule has 5 rings (SSSR count). The van der Waals surface area contributed by atoms with Gasteiger partial charge in [0.2, 0.25) is 0 Å². The maximum Gasteiger partial charge on any atom is 0.253 e. The van der Waals surface area contributed by atoms with Gasteiger partial charge in [0.1, 0.15) is 11.8 Å². The topological polar surface area (TPSA) is 98.2 Å². The molecule has 1 aliphatic heterocycles. The number of morpholine rings is 1. The number of aromatic nitrogens is 5. The van der Waals surface area contributed by atoms with Crippen LogP contribution in [0, 0.1) is 13.8 Å². The highest BCUT2D eigenvalue weighted by molar-refractivity contribution is 5.83. The van der Waals surface area contributed by atoms with E-state index in [0.29, 0.717) is 44.2 Å². The van der Waals surface area contributed by atoms with Crippen LogP contribution >= 0.6 is 0 Å². The maximum atomic E-state index is 13.4. The summed E-state index contributed by atoms with van der Waals surface area (Å²) in [5.74, 6) is 1.42. The number of tetrazole rings is 1. The standard InChI is InChI=1S/C25H28N6O3/c1-16-12-17(2)22-19(13-16)14-21(25(32)26-22)23(30-8-10-34-11-9-30)24-27-28-29-31(24)15-18-4-6-20(33-3)7-5-18/h4-7,12-14,23H,8-11,15H2,1-3H3,(H,26,32)/t23-/m0/s1. The van der Waals surface area contributed by atoms with Crippen LogP contribution in [0.3, 0.4) is 0 Å². The van der Waals surface area contributed by atoms with Crippen LogP contribution in [-0.4, -0.2) is 63.5 Å². The predicted octanol–water partition coefficient (Wildman–Crippen LogP) is 2.61. The largest absolute Gasteiger partial charge is 0.497 e. The molecule has 0 radical (unpaired) electrons. The first-order valence-corrected chi connectivity index (χ1v) is 11.4. The highest BCUT2D eigenvalue weighted by Crippen LogP contribution is 2.29. The molecule has 0 bridgehead atoms. The number of ether oxygens (including phenoxy) is 2. The van der Waals surface area contributed by atoms with Crippen LogP contribution in [0.25, 0.3) is 10.9 Å². The quantitative estimate of drug-likeness (QED) is 0.472. The van der Waals surface area contributed by atoms with Crippen LogP contribution in [0.15, 0.2) is 47.3 Å². The lowest BCUT2D eigenvalue weighted by Crippen LogP contribution is -2.42. The van der Waals surface area contributed by atoms with Gasteiger partial charge in [0.05, 0.1) is 32.4 Å². The normalized spacial score (nSPS) is 15.5. The lowest BCUT2D eigenvalue weighted by Gasteiger charge is -2.33. The number of methoxy groups -OCH3 is 1. The van der Waals surface area contributed by atoms with E-state index in [1.54, 1.807) is 11.8 Å². The van der Waals surface area contributed by atoms with Crippen molar-refractivity contribution in [1.29, 1.82) is 0 Å². The monoisotopic (exact) mass is 460 g/mol. The van der Waals surface area contributed by atoms with E-state index in [1.165, 1.54) is 0 Å². The molecule has 0 amide bonds. The molecule has 0 spiro atoms. The van der Waals surface area contributed by atoms with Gasteiger partial charge < -0.3 is 14.5 Å². The van der Waals surface area contributed by atoms with Gasteiger partial charge in [0, 0.05) is 18.7 Å². The van der Waals surface area contributed by atoms with Gasteiger partial charge in [-0.05, 0) is 65.1 Å². The van der Waals surface area contributed by atoms with E-state index in [-0.39, 0.29) is 5.56 Å². The molecule has 9 nitrogen and oxygen atoms in total. The summed E-state index contributed by atoms with van der Waals surface area (Å²) in [5, 5.41) is 13.6. The van der Waals surface area contributed by atoms with Crippen molar-refractivity contribution in [2.24, 2.45) is 0 Å². The molecule has 2 aromatic heterocycles. The van der Waals surface area contributed by atoms with Crippen LogP contribution in [-0.2, 0) is 11.3 Å². The Labute approximate surface area is 197 Å². The summed E-state index contributed by atoms with van der Waals surface area (Å²) >= 11 is 0. The summed E-state index contributed by atoms with van der Waals surface area (Å²) in [4.78, 5) is 18.7. The number of aryl methyl sites for hydroxylation is 2. The first kappa shape index (κ1) is 22.2. The Morgan fingerprint density at radius 3 is 2.62 bits per heavy atom. The van der Waals surface area contributed by atoms with E-state index in [1.807, 2.05) is 37.3 Å². The number of H-pyrrole nitrogens is 1. The van der Waals surface area contributed by atoms with Crippen LogP contribution < -0.4 is 10.3 Å². The zero-order chi connectivity index (χ0) is 23.7. The van der Waals surface area contributed by atoms with Crippen molar-refractivity contribution in [3.8, 4) is 5.75 Å². The van der Waals surface area contributed by atoms with Gasteiger partial charge in [0.25, 0.3) is 5.56 Å². The van der Waals surface area contributed by atoms with E-state index in [2.05, 4.69) is 44.5 Å². The van der Waals surface area contributed by atoms with Crippen LogP contribution in [0.4, 0.5) is 0 Å². The zero-order valence-corrected chi connectivity index (χ0v) is 19.6. The number of nitrogens with zero attached hydrogens (tertiary/aromatic N) is 5. The first-order valence-electron chi connectivity index (χ1n) is 11.4. The Morgan fingerprint density at radius 2 is 1.88 bits per heavy atom. The van der Waals surface area contributed by atoms with Crippen molar-refractivity contribution < 1.29 is 9.47 Å². The second-order valence-corrected chi connectivity index (χ2v) is 8.69. The summed E-state index contributed by atoms with van der Waals surface area (Å²) in [6.45, 7) is 7.12. The van der Waals surface area contributed by atoms with Crippen LogP contribution in [0.2, 0.25) is 0 Å². The Kier molecular flexibility index (Phi) is 6.12. The highest BCUT2D eigenvalue weighted by Gasteiger charge is 2.31. The molecule has 0 saturated carbocycles. The molecule has 1 fully saturated rings. The molecule has 9 heteroatoms. The Bertz CT molecular complexity index is 1360. The Hall–Kier alpha value is -3.56. The van der Waals surface area contributed by atoms with Crippen LogP contribution in [0.1, 0.15) is 34.1 Å². The van der Waals surface area contributed by atoms with Gasteiger partial charge in [-0.2, -0.15) is 0 Å².